The molecule has 1 fully saturated rings. The minimum Gasteiger partial charge on any atom is -0.336 e. The maximum Gasteiger partial charge on any atom is 0.0830 e. The summed E-state index contributed by atoms with van der Waals surface area (Å²) >= 11 is 0. The smallest absolute Gasteiger partial charge is 0.0830 e. The van der Waals surface area contributed by atoms with Gasteiger partial charge in [0.05, 0.1) is 11.4 Å². The first-order valence-electron chi connectivity index (χ1n) is 9.68. The predicted molar refractivity (Wildman–Crippen MR) is 103 cm³/mol. The van der Waals surface area contributed by atoms with E-state index >= 15 is 0 Å². The topological polar surface area (TPSA) is 33.1 Å². The summed E-state index contributed by atoms with van der Waals surface area (Å²) < 4.78 is 1.91. The highest BCUT2D eigenvalue weighted by atomic mass is 15.3. The van der Waals surface area contributed by atoms with Gasteiger partial charge in [-0.3, -0.25) is 4.68 Å². The summed E-state index contributed by atoms with van der Waals surface area (Å²) in [4.78, 5) is 2.42. The summed E-state index contributed by atoms with van der Waals surface area (Å²) in [5.41, 5.74) is 6.62. The molecular weight excluding hydrogens is 308 g/mol. The molecule has 134 valence electrons. The number of aryl methyl sites for hydroxylation is 2. The summed E-state index contributed by atoms with van der Waals surface area (Å²) in [6.45, 7) is 7.72. The van der Waals surface area contributed by atoms with Crippen molar-refractivity contribution < 1.29 is 0 Å². The number of aromatic nitrogens is 2. The van der Waals surface area contributed by atoms with Crippen molar-refractivity contribution in [2.75, 3.05) is 11.4 Å². The maximum atomic E-state index is 4.55. The van der Waals surface area contributed by atoms with Crippen molar-refractivity contribution in [2.24, 2.45) is 13.0 Å². The molecule has 4 rings (SSSR count). The Morgan fingerprint density at radius 2 is 2.12 bits per heavy atom. The van der Waals surface area contributed by atoms with E-state index in [0.29, 0.717) is 12.1 Å². The fourth-order valence-electron chi connectivity index (χ4n) is 4.21. The Balaban J connectivity index is 1.72. The van der Waals surface area contributed by atoms with Gasteiger partial charge >= 0.3 is 0 Å². The number of rotatable bonds is 5. The second kappa shape index (κ2) is 6.49. The molecule has 1 unspecified atom stereocenters. The van der Waals surface area contributed by atoms with Crippen molar-refractivity contribution in [3.8, 4) is 0 Å². The third kappa shape index (κ3) is 3.32. The van der Waals surface area contributed by atoms with Gasteiger partial charge in [0.15, 0.2) is 0 Å². The molecule has 2 aliphatic rings. The highest BCUT2D eigenvalue weighted by Crippen LogP contribution is 2.41. The molecule has 1 atom stereocenters. The van der Waals surface area contributed by atoms with Gasteiger partial charge < -0.3 is 10.2 Å². The molecule has 2 aromatic rings. The van der Waals surface area contributed by atoms with Crippen LogP contribution in [0.25, 0.3) is 0 Å². The molecule has 1 saturated carbocycles. The van der Waals surface area contributed by atoms with Crippen LogP contribution in [-0.4, -0.2) is 22.4 Å². The minimum atomic E-state index is 0.388. The van der Waals surface area contributed by atoms with Crippen LogP contribution in [0.3, 0.4) is 0 Å². The molecule has 1 aliphatic carbocycles. The van der Waals surface area contributed by atoms with E-state index in [1.54, 1.807) is 0 Å². The summed E-state index contributed by atoms with van der Waals surface area (Å²) in [6.07, 6.45) is 7.41. The standard InChI is InChI=1S/C21H30N4/c1-14(2)25(21-13-24(4)23-15(21)3)18-8-7-17-9-10-22-20(19(17)12-18)11-16-5-6-16/h7-8,12-14,16,20,22H,5-6,9-11H2,1-4H3. The molecular formula is C21H30N4. The third-order valence-electron chi connectivity index (χ3n) is 5.60. The predicted octanol–water partition coefficient (Wildman–Crippen LogP) is 4.26. The molecule has 1 N–H and O–H groups in total. The molecule has 2 heterocycles. The minimum absolute atomic E-state index is 0.388. The van der Waals surface area contributed by atoms with Crippen molar-refractivity contribution >= 4 is 11.4 Å². The second-order valence-electron chi connectivity index (χ2n) is 8.06. The highest BCUT2D eigenvalue weighted by molar-refractivity contribution is 5.67. The van der Waals surface area contributed by atoms with Gasteiger partial charge in [0, 0.05) is 31.0 Å². The van der Waals surface area contributed by atoms with E-state index in [9.17, 15) is 0 Å². The number of anilines is 2. The van der Waals surface area contributed by atoms with E-state index in [4.69, 9.17) is 0 Å². The molecule has 0 saturated heterocycles. The first-order valence-corrected chi connectivity index (χ1v) is 9.68. The average molecular weight is 338 g/mol. The van der Waals surface area contributed by atoms with Crippen LogP contribution in [0, 0.1) is 12.8 Å². The molecule has 1 aromatic heterocycles. The van der Waals surface area contributed by atoms with E-state index in [1.165, 1.54) is 41.8 Å². The van der Waals surface area contributed by atoms with Crippen LogP contribution in [0.15, 0.2) is 24.4 Å². The van der Waals surface area contributed by atoms with Gasteiger partial charge in [-0.05, 0) is 69.3 Å². The monoisotopic (exact) mass is 338 g/mol. The number of hydrogen-bond acceptors (Lipinski definition) is 3. The molecule has 0 radical (unpaired) electrons. The maximum absolute atomic E-state index is 4.55. The summed E-state index contributed by atoms with van der Waals surface area (Å²) in [7, 11) is 2.00. The fourth-order valence-corrected chi connectivity index (χ4v) is 4.21. The molecule has 4 nitrogen and oxygen atoms in total. The van der Waals surface area contributed by atoms with Crippen molar-refractivity contribution in [3.63, 3.8) is 0 Å². The normalized spacial score (nSPS) is 20.0. The number of nitrogens with zero attached hydrogens (tertiary/aromatic N) is 3. The van der Waals surface area contributed by atoms with Gasteiger partial charge in [0.25, 0.3) is 0 Å². The zero-order valence-corrected chi connectivity index (χ0v) is 15.9. The Morgan fingerprint density at radius 1 is 1.32 bits per heavy atom. The first-order chi connectivity index (χ1) is 12.0. The van der Waals surface area contributed by atoms with Gasteiger partial charge in [-0.25, -0.2) is 0 Å². The number of nitrogens with one attached hydrogen (secondary N) is 1. The summed E-state index contributed by atoms with van der Waals surface area (Å²) in [6, 6.07) is 8.00. The summed E-state index contributed by atoms with van der Waals surface area (Å²) in [5, 5.41) is 8.31. The largest absolute Gasteiger partial charge is 0.336 e. The van der Waals surface area contributed by atoms with Crippen molar-refractivity contribution in [1.29, 1.82) is 0 Å². The number of benzene rings is 1. The van der Waals surface area contributed by atoms with Gasteiger partial charge in [-0.15, -0.1) is 0 Å². The van der Waals surface area contributed by atoms with Crippen molar-refractivity contribution in [1.82, 2.24) is 15.1 Å². The van der Waals surface area contributed by atoms with Crippen LogP contribution in [0.5, 0.6) is 0 Å². The Hall–Kier alpha value is -1.81. The lowest BCUT2D eigenvalue weighted by Crippen LogP contribution is -2.31. The van der Waals surface area contributed by atoms with Crippen LogP contribution in [0.4, 0.5) is 11.4 Å². The molecule has 0 amide bonds. The Bertz CT molecular complexity index is 757. The van der Waals surface area contributed by atoms with Gasteiger partial charge in [-0.2, -0.15) is 5.10 Å². The van der Waals surface area contributed by atoms with Crippen LogP contribution in [0.1, 0.15) is 56.0 Å². The number of hydrogen-bond donors (Lipinski definition) is 1. The Kier molecular flexibility index (Phi) is 4.32. The van der Waals surface area contributed by atoms with E-state index < -0.39 is 0 Å². The SMILES string of the molecule is Cc1nn(C)cc1N(c1ccc2c(c1)C(CC1CC1)NCC2)C(C)C. The van der Waals surface area contributed by atoms with Crippen LogP contribution in [-0.2, 0) is 13.5 Å². The van der Waals surface area contributed by atoms with E-state index in [0.717, 1.165) is 24.6 Å². The molecule has 25 heavy (non-hydrogen) atoms. The van der Waals surface area contributed by atoms with Crippen molar-refractivity contribution in [2.45, 2.75) is 58.5 Å². The first kappa shape index (κ1) is 16.6. The Labute approximate surface area is 151 Å². The lowest BCUT2D eigenvalue weighted by atomic mass is 9.90. The molecule has 4 heteroatoms. The molecule has 0 spiro atoms. The van der Waals surface area contributed by atoms with Crippen molar-refractivity contribution in [3.05, 3.63) is 41.2 Å². The average Bonchev–Trinajstić information content (AvgIpc) is 3.32. The fraction of sp³-hybridized carbons (Fsp3) is 0.571. The van der Waals surface area contributed by atoms with E-state index in [1.807, 2.05) is 11.7 Å². The zero-order valence-electron chi connectivity index (χ0n) is 15.9. The second-order valence-corrected chi connectivity index (χ2v) is 8.06. The van der Waals surface area contributed by atoms with Crippen LogP contribution >= 0.6 is 0 Å². The summed E-state index contributed by atoms with van der Waals surface area (Å²) in [5.74, 6) is 0.939. The van der Waals surface area contributed by atoms with E-state index in [-0.39, 0.29) is 0 Å². The molecule has 0 bridgehead atoms. The lowest BCUT2D eigenvalue weighted by Gasteiger charge is -2.32. The van der Waals surface area contributed by atoms with Gasteiger partial charge in [0.2, 0.25) is 0 Å². The van der Waals surface area contributed by atoms with Gasteiger partial charge in [-0.1, -0.05) is 18.9 Å². The zero-order chi connectivity index (χ0) is 17.6. The molecule has 1 aliphatic heterocycles. The van der Waals surface area contributed by atoms with E-state index in [2.05, 4.69) is 60.5 Å². The quantitative estimate of drug-likeness (QED) is 0.884. The van der Waals surface area contributed by atoms with Crippen LogP contribution < -0.4 is 10.2 Å². The van der Waals surface area contributed by atoms with Gasteiger partial charge in [0.1, 0.15) is 0 Å². The van der Waals surface area contributed by atoms with Crippen LogP contribution in [0.2, 0.25) is 0 Å². The highest BCUT2D eigenvalue weighted by Gasteiger charge is 2.29. The lowest BCUT2D eigenvalue weighted by molar-refractivity contribution is 0.453. The molecule has 1 aromatic carbocycles. The Morgan fingerprint density at radius 3 is 2.76 bits per heavy atom. The third-order valence-corrected chi connectivity index (χ3v) is 5.60. The number of fused-ring (bicyclic) bond motifs is 1.